The van der Waals surface area contributed by atoms with Gasteiger partial charge >= 0.3 is 5.97 Å². The summed E-state index contributed by atoms with van der Waals surface area (Å²) in [4.78, 5) is 11.2. The van der Waals surface area contributed by atoms with E-state index in [4.69, 9.17) is 4.74 Å². The van der Waals surface area contributed by atoms with Crippen LogP contribution in [0.3, 0.4) is 0 Å². The van der Waals surface area contributed by atoms with Gasteiger partial charge in [0.2, 0.25) is 10.0 Å². The van der Waals surface area contributed by atoms with E-state index in [-0.39, 0.29) is 18.8 Å². The fourth-order valence-electron chi connectivity index (χ4n) is 2.14. The number of rotatable bonds is 7. The number of nitrogens with one attached hydrogen (secondary N) is 1. The van der Waals surface area contributed by atoms with Crippen molar-refractivity contribution in [2.75, 3.05) is 39.0 Å². The van der Waals surface area contributed by atoms with Crippen molar-refractivity contribution in [3.05, 3.63) is 0 Å². The number of carbonyl (C=O) groups excluding carboxylic acids is 1. The van der Waals surface area contributed by atoms with Crippen LogP contribution in [0.1, 0.15) is 26.2 Å². The number of esters is 1. The summed E-state index contributed by atoms with van der Waals surface area (Å²) in [5.41, 5.74) is 0. The minimum absolute atomic E-state index is 0.0767. The minimum atomic E-state index is -3.36. The van der Waals surface area contributed by atoms with Gasteiger partial charge in [-0.05, 0) is 38.8 Å². The molecule has 0 spiro atoms. The number of hydrogen-bond donors (Lipinski definition) is 1. The van der Waals surface area contributed by atoms with Crippen LogP contribution in [-0.2, 0) is 19.6 Å². The predicted molar refractivity (Wildman–Crippen MR) is 73.3 cm³/mol. The average molecular weight is 292 g/mol. The molecule has 1 heterocycles. The molecule has 112 valence electrons. The van der Waals surface area contributed by atoms with Gasteiger partial charge in [-0.1, -0.05) is 0 Å². The van der Waals surface area contributed by atoms with Gasteiger partial charge in [-0.2, -0.15) is 0 Å². The minimum Gasteiger partial charge on any atom is -0.466 e. The van der Waals surface area contributed by atoms with E-state index in [1.54, 1.807) is 14.0 Å². The molecule has 0 aromatic carbocycles. The number of nitrogens with zero attached hydrogens (tertiary/aromatic N) is 1. The van der Waals surface area contributed by atoms with Gasteiger partial charge in [0.15, 0.2) is 0 Å². The van der Waals surface area contributed by atoms with E-state index in [1.165, 1.54) is 4.31 Å². The zero-order chi connectivity index (χ0) is 14.3. The number of carbonyl (C=O) groups is 1. The van der Waals surface area contributed by atoms with Crippen LogP contribution in [0, 0.1) is 5.92 Å². The van der Waals surface area contributed by atoms with Crippen molar-refractivity contribution >= 4 is 16.0 Å². The Hall–Kier alpha value is -0.660. The van der Waals surface area contributed by atoms with E-state index in [9.17, 15) is 13.2 Å². The number of piperidine rings is 1. The molecule has 0 radical (unpaired) electrons. The molecule has 0 saturated carbocycles. The summed E-state index contributed by atoms with van der Waals surface area (Å²) in [7, 11) is -1.78. The molecule has 0 atom stereocenters. The highest BCUT2D eigenvalue weighted by molar-refractivity contribution is 7.89. The standard InChI is InChI=1S/C12H24N2O4S/c1-3-18-12(15)6-9-19(16,17)14(2)10-11-4-7-13-8-5-11/h11,13H,3-10H2,1-2H3. The van der Waals surface area contributed by atoms with Gasteiger partial charge in [0.05, 0.1) is 18.8 Å². The second-order valence-corrected chi connectivity index (χ2v) is 7.04. The molecule has 1 N–H and O–H groups in total. The summed E-state index contributed by atoms with van der Waals surface area (Å²) in [6, 6.07) is 0. The van der Waals surface area contributed by atoms with E-state index < -0.39 is 16.0 Å². The Morgan fingerprint density at radius 3 is 2.58 bits per heavy atom. The normalized spacial score (nSPS) is 17.6. The molecule has 1 rings (SSSR count). The summed E-state index contributed by atoms with van der Waals surface area (Å²) >= 11 is 0. The topological polar surface area (TPSA) is 75.7 Å². The predicted octanol–water partition coefficient (Wildman–Crippen LogP) is 0.201. The third-order valence-electron chi connectivity index (χ3n) is 3.32. The third-order valence-corrected chi connectivity index (χ3v) is 5.14. The van der Waals surface area contributed by atoms with Crippen LogP contribution < -0.4 is 5.32 Å². The maximum atomic E-state index is 12.0. The Balaban J connectivity index is 2.39. The largest absolute Gasteiger partial charge is 0.466 e. The molecular formula is C12H24N2O4S. The lowest BCUT2D eigenvalue weighted by atomic mass is 9.98. The number of sulfonamides is 1. The van der Waals surface area contributed by atoms with Crippen molar-refractivity contribution in [3.8, 4) is 0 Å². The fraction of sp³-hybridized carbons (Fsp3) is 0.917. The van der Waals surface area contributed by atoms with Crippen LogP contribution in [0.2, 0.25) is 0 Å². The third kappa shape index (κ3) is 5.88. The number of ether oxygens (including phenoxy) is 1. The zero-order valence-electron chi connectivity index (χ0n) is 11.7. The van der Waals surface area contributed by atoms with Crippen molar-refractivity contribution in [2.45, 2.75) is 26.2 Å². The van der Waals surface area contributed by atoms with Crippen LogP contribution in [0.4, 0.5) is 0 Å². The molecular weight excluding hydrogens is 268 g/mol. The van der Waals surface area contributed by atoms with Crippen molar-refractivity contribution in [1.82, 2.24) is 9.62 Å². The highest BCUT2D eigenvalue weighted by Gasteiger charge is 2.23. The first-order valence-electron chi connectivity index (χ1n) is 6.76. The van der Waals surface area contributed by atoms with Crippen LogP contribution in [0.5, 0.6) is 0 Å². The number of hydrogen-bond acceptors (Lipinski definition) is 5. The highest BCUT2D eigenvalue weighted by Crippen LogP contribution is 2.15. The quantitative estimate of drug-likeness (QED) is 0.679. The van der Waals surface area contributed by atoms with E-state index in [0.29, 0.717) is 12.5 Å². The Labute approximate surface area is 115 Å². The van der Waals surface area contributed by atoms with Crippen molar-refractivity contribution in [3.63, 3.8) is 0 Å². The Kier molecular flexibility index (Phi) is 6.74. The van der Waals surface area contributed by atoms with E-state index in [2.05, 4.69) is 5.32 Å². The summed E-state index contributed by atoms with van der Waals surface area (Å²) in [5.74, 6) is -0.224. The van der Waals surface area contributed by atoms with Crippen LogP contribution in [0.25, 0.3) is 0 Å². The molecule has 0 aromatic heterocycles. The maximum absolute atomic E-state index is 12.0. The first-order chi connectivity index (χ1) is 8.95. The lowest BCUT2D eigenvalue weighted by Gasteiger charge is -2.27. The highest BCUT2D eigenvalue weighted by atomic mass is 32.2. The monoisotopic (exact) mass is 292 g/mol. The van der Waals surface area contributed by atoms with Crippen LogP contribution >= 0.6 is 0 Å². The molecule has 1 aliphatic rings. The van der Waals surface area contributed by atoms with Gasteiger partial charge in [-0.3, -0.25) is 4.79 Å². The summed E-state index contributed by atoms with van der Waals surface area (Å²) < 4.78 is 30.1. The zero-order valence-corrected chi connectivity index (χ0v) is 12.5. The van der Waals surface area contributed by atoms with Crippen molar-refractivity contribution < 1.29 is 17.9 Å². The van der Waals surface area contributed by atoms with E-state index in [1.807, 2.05) is 0 Å². The average Bonchev–Trinajstić information content (AvgIpc) is 2.38. The molecule has 1 aliphatic heterocycles. The molecule has 7 heteroatoms. The molecule has 0 bridgehead atoms. The first-order valence-corrected chi connectivity index (χ1v) is 8.37. The molecule has 0 aliphatic carbocycles. The first kappa shape index (κ1) is 16.4. The molecule has 1 saturated heterocycles. The van der Waals surface area contributed by atoms with E-state index in [0.717, 1.165) is 25.9 Å². The van der Waals surface area contributed by atoms with Gasteiger partial charge in [0, 0.05) is 13.6 Å². The van der Waals surface area contributed by atoms with Gasteiger partial charge in [0.1, 0.15) is 0 Å². The molecule has 19 heavy (non-hydrogen) atoms. The van der Waals surface area contributed by atoms with Crippen molar-refractivity contribution in [1.29, 1.82) is 0 Å². The Bertz CT molecular complexity index is 377. The van der Waals surface area contributed by atoms with Crippen molar-refractivity contribution in [2.24, 2.45) is 5.92 Å². The van der Waals surface area contributed by atoms with E-state index >= 15 is 0 Å². The molecule has 6 nitrogen and oxygen atoms in total. The Morgan fingerprint density at radius 2 is 2.00 bits per heavy atom. The molecule has 1 fully saturated rings. The second kappa shape index (κ2) is 7.81. The van der Waals surface area contributed by atoms with Gasteiger partial charge in [0.25, 0.3) is 0 Å². The van der Waals surface area contributed by atoms with Gasteiger partial charge in [-0.15, -0.1) is 0 Å². The second-order valence-electron chi connectivity index (χ2n) is 4.84. The van der Waals surface area contributed by atoms with Gasteiger partial charge < -0.3 is 10.1 Å². The van der Waals surface area contributed by atoms with Gasteiger partial charge in [-0.25, -0.2) is 12.7 Å². The smallest absolute Gasteiger partial charge is 0.306 e. The lowest BCUT2D eigenvalue weighted by Crippen LogP contribution is -2.38. The summed E-state index contributed by atoms with van der Waals surface area (Å²) in [6.07, 6.45) is 1.92. The SMILES string of the molecule is CCOC(=O)CCS(=O)(=O)N(C)CC1CCNCC1. The maximum Gasteiger partial charge on any atom is 0.306 e. The van der Waals surface area contributed by atoms with Crippen LogP contribution in [-0.4, -0.2) is 57.7 Å². The van der Waals surface area contributed by atoms with Crippen LogP contribution in [0.15, 0.2) is 0 Å². The fourth-order valence-corrected chi connectivity index (χ4v) is 3.32. The molecule has 0 unspecified atom stereocenters. The molecule has 0 aromatic rings. The summed E-state index contributed by atoms with van der Waals surface area (Å²) in [6.45, 7) is 4.41. The molecule has 0 amide bonds. The Morgan fingerprint density at radius 1 is 1.37 bits per heavy atom. The lowest BCUT2D eigenvalue weighted by molar-refractivity contribution is -0.142. The summed E-state index contributed by atoms with van der Waals surface area (Å²) in [5, 5.41) is 3.25.